The molecule has 2 aromatic rings. The van der Waals surface area contributed by atoms with Gasteiger partial charge in [0.2, 0.25) is 0 Å². The van der Waals surface area contributed by atoms with E-state index in [-0.39, 0.29) is 17.8 Å². The van der Waals surface area contributed by atoms with Crippen LogP contribution in [0.3, 0.4) is 0 Å². The van der Waals surface area contributed by atoms with Crippen LogP contribution in [-0.4, -0.2) is 52.4 Å². The second-order valence-corrected chi connectivity index (χ2v) is 5.68. The SMILES string of the molecule is Cc1cc(F)ccc1C(=O)N1CCN(C)[C@H](c2ncc[nH]2)C1. The minimum atomic E-state index is -0.319. The Bertz CT molecular complexity index is 671. The fraction of sp³-hybridized carbons (Fsp3) is 0.375. The molecule has 22 heavy (non-hydrogen) atoms. The number of amides is 1. The number of piperazine rings is 1. The maximum atomic E-state index is 13.2. The Kier molecular flexibility index (Phi) is 3.94. The summed E-state index contributed by atoms with van der Waals surface area (Å²) in [5.74, 6) is 0.485. The van der Waals surface area contributed by atoms with Crippen molar-refractivity contribution in [1.82, 2.24) is 19.8 Å². The van der Waals surface area contributed by atoms with E-state index in [1.54, 1.807) is 25.4 Å². The molecule has 1 aromatic heterocycles. The number of hydrogen-bond donors (Lipinski definition) is 1. The van der Waals surface area contributed by atoms with Crippen molar-refractivity contribution in [2.75, 3.05) is 26.7 Å². The predicted molar refractivity (Wildman–Crippen MR) is 81.0 cm³/mol. The summed E-state index contributed by atoms with van der Waals surface area (Å²) in [6, 6.07) is 4.34. The monoisotopic (exact) mass is 302 g/mol. The summed E-state index contributed by atoms with van der Waals surface area (Å²) in [7, 11) is 2.03. The van der Waals surface area contributed by atoms with Gasteiger partial charge in [-0.3, -0.25) is 9.69 Å². The molecule has 1 saturated heterocycles. The Balaban J connectivity index is 1.81. The highest BCUT2D eigenvalue weighted by atomic mass is 19.1. The van der Waals surface area contributed by atoms with Crippen molar-refractivity contribution in [1.29, 1.82) is 0 Å². The number of aromatic amines is 1. The van der Waals surface area contributed by atoms with E-state index >= 15 is 0 Å². The van der Waals surface area contributed by atoms with Gasteiger partial charge in [-0.05, 0) is 37.7 Å². The second-order valence-electron chi connectivity index (χ2n) is 5.68. The molecule has 0 spiro atoms. The Morgan fingerprint density at radius 1 is 1.41 bits per heavy atom. The number of halogens is 1. The van der Waals surface area contributed by atoms with Crippen LogP contribution in [0.4, 0.5) is 4.39 Å². The molecule has 6 heteroatoms. The van der Waals surface area contributed by atoms with Gasteiger partial charge >= 0.3 is 0 Å². The lowest BCUT2D eigenvalue weighted by Crippen LogP contribution is -2.49. The Morgan fingerprint density at radius 3 is 2.91 bits per heavy atom. The topological polar surface area (TPSA) is 52.2 Å². The predicted octanol–water partition coefficient (Wildman–Crippen LogP) is 1.99. The van der Waals surface area contributed by atoms with Crippen LogP contribution >= 0.6 is 0 Å². The molecule has 0 aliphatic carbocycles. The number of aryl methyl sites for hydroxylation is 1. The molecule has 1 atom stereocenters. The Hall–Kier alpha value is -2.21. The lowest BCUT2D eigenvalue weighted by Gasteiger charge is -2.38. The van der Waals surface area contributed by atoms with Crippen LogP contribution in [0, 0.1) is 12.7 Å². The molecule has 1 N–H and O–H groups in total. The maximum absolute atomic E-state index is 13.2. The fourth-order valence-corrected chi connectivity index (χ4v) is 2.85. The van der Waals surface area contributed by atoms with Crippen LogP contribution in [0.15, 0.2) is 30.6 Å². The Labute approximate surface area is 128 Å². The smallest absolute Gasteiger partial charge is 0.254 e. The van der Waals surface area contributed by atoms with E-state index in [9.17, 15) is 9.18 Å². The van der Waals surface area contributed by atoms with Gasteiger partial charge in [0.15, 0.2) is 0 Å². The fourth-order valence-electron chi connectivity index (χ4n) is 2.85. The van der Waals surface area contributed by atoms with E-state index in [1.165, 1.54) is 12.1 Å². The number of rotatable bonds is 2. The summed E-state index contributed by atoms with van der Waals surface area (Å²) in [6.07, 6.45) is 3.50. The van der Waals surface area contributed by atoms with Crippen molar-refractivity contribution in [3.05, 3.63) is 53.4 Å². The number of carbonyl (C=O) groups excluding carboxylic acids is 1. The first-order chi connectivity index (χ1) is 10.6. The highest BCUT2D eigenvalue weighted by molar-refractivity contribution is 5.95. The molecule has 1 aliphatic rings. The first-order valence-electron chi connectivity index (χ1n) is 7.31. The molecule has 1 aliphatic heterocycles. The van der Waals surface area contributed by atoms with Crippen molar-refractivity contribution in [3.63, 3.8) is 0 Å². The average Bonchev–Trinajstić information content (AvgIpc) is 3.01. The summed E-state index contributed by atoms with van der Waals surface area (Å²) < 4.78 is 13.2. The summed E-state index contributed by atoms with van der Waals surface area (Å²) in [6.45, 7) is 3.76. The molecule has 3 rings (SSSR count). The van der Waals surface area contributed by atoms with Gasteiger partial charge in [-0.15, -0.1) is 0 Å². The van der Waals surface area contributed by atoms with Crippen molar-refractivity contribution >= 4 is 5.91 Å². The zero-order chi connectivity index (χ0) is 15.7. The quantitative estimate of drug-likeness (QED) is 0.923. The van der Waals surface area contributed by atoms with Gasteiger partial charge < -0.3 is 9.88 Å². The lowest BCUT2D eigenvalue weighted by molar-refractivity contribution is 0.0533. The third kappa shape index (κ3) is 2.74. The summed E-state index contributed by atoms with van der Waals surface area (Å²) in [4.78, 5) is 24.1. The van der Waals surface area contributed by atoms with E-state index in [1.807, 2.05) is 11.9 Å². The average molecular weight is 302 g/mol. The minimum Gasteiger partial charge on any atom is -0.347 e. The number of aromatic nitrogens is 2. The van der Waals surface area contributed by atoms with Crippen molar-refractivity contribution < 1.29 is 9.18 Å². The largest absolute Gasteiger partial charge is 0.347 e. The highest BCUT2D eigenvalue weighted by Crippen LogP contribution is 2.23. The van der Waals surface area contributed by atoms with Gasteiger partial charge in [-0.1, -0.05) is 0 Å². The van der Waals surface area contributed by atoms with Crippen LogP contribution in [-0.2, 0) is 0 Å². The van der Waals surface area contributed by atoms with Gasteiger partial charge in [0, 0.05) is 37.6 Å². The van der Waals surface area contributed by atoms with E-state index < -0.39 is 0 Å². The number of H-pyrrole nitrogens is 1. The third-order valence-electron chi connectivity index (χ3n) is 4.19. The molecule has 0 unspecified atom stereocenters. The van der Waals surface area contributed by atoms with E-state index in [0.29, 0.717) is 24.2 Å². The van der Waals surface area contributed by atoms with Crippen LogP contribution in [0.2, 0.25) is 0 Å². The van der Waals surface area contributed by atoms with Crippen LogP contribution < -0.4 is 0 Å². The first kappa shape index (κ1) is 14.7. The van der Waals surface area contributed by atoms with Gasteiger partial charge in [0.05, 0.1) is 6.04 Å². The lowest BCUT2D eigenvalue weighted by atomic mass is 10.1. The van der Waals surface area contributed by atoms with Crippen molar-refractivity contribution in [2.45, 2.75) is 13.0 Å². The molecular formula is C16H19FN4O. The number of nitrogens with one attached hydrogen (secondary N) is 1. The molecule has 5 nitrogen and oxygen atoms in total. The normalized spacial score (nSPS) is 19.4. The first-order valence-corrected chi connectivity index (χ1v) is 7.31. The van der Waals surface area contributed by atoms with Gasteiger partial charge in [0.1, 0.15) is 11.6 Å². The molecular weight excluding hydrogens is 283 g/mol. The minimum absolute atomic E-state index is 0.0495. The molecule has 0 radical (unpaired) electrons. The van der Waals surface area contributed by atoms with Crippen LogP contribution in [0.25, 0.3) is 0 Å². The summed E-state index contributed by atoms with van der Waals surface area (Å²) in [5, 5.41) is 0. The third-order valence-corrected chi connectivity index (χ3v) is 4.19. The van der Waals surface area contributed by atoms with Crippen LogP contribution in [0.5, 0.6) is 0 Å². The molecule has 1 fully saturated rings. The van der Waals surface area contributed by atoms with Gasteiger partial charge in [0.25, 0.3) is 5.91 Å². The molecule has 2 heterocycles. The summed E-state index contributed by atoms with van der Waals surface area (Å²) >= 11 is 0. The Morgan fingerprint density at radius 2 is 2.23 bits per heavy atom. The van der Waals surface area contributed by atoms with Gasteiger partial charge in [-0.2, -0.15) is 0 Å². The van der Waals surface area contributed by atoms with Crippen molar-refractivity contribution in [2.24, 2.45) is 0 Å². The van der Waals surface area contributed by atoms with Crippen molar-refractivity contribution in [3.8, 4) is 0 Å². The molecule has 1 amide bonds. The molecule has 0 saturated carbocycles. The number of benzene rings is 1. The van der Waals surface area contributed by atoms with Crippen LogP contribution in [0.1, 0.15) is 27.8 Å². The molecule has 116 valence electrons. The van der Waals surface area contributed by atoms with E-state index in [2.05, 4.69) is 14.9 Å². The number of nitrogens with zero attached hydrogens (tertiary/aromatic N) is 3. The number of likely N-dealkylation sites (N-methyl/N-ethyl adjacent to an activating group) is 1. The molecule has 0 bridgehead atoms. The summed E-state index contributed by atoms with van der Waals surface area (Å²) in [5.41, 5.74) is 1.22. The number of hydrogen-bond acceptors (Lipinski definition) is 3. The molecule has 1 aromatic carbocycles. The maximum Gasteiger partial charge on any atom is 0.254 e. The standard InChI is InChI=1S/C16H19FN4O/c1-11-9-12(17)3-4-13(11)16(22)21-8-7-20(2)14(10-21)15-18-5-6-19-15/h3-6,9,14H,7-8,10H2,1-2H3,(H,18,19)/t14-/m0/s1. The number of carbonyl (C=O) groups is 1. The van der Waals surface area contributed by atoms with Gasteiger partial charge in [-0.25, -0.2) is 9.37 Å². The number of imidazole rings is 1. The zero-order valence-electron chi connectivity index (χ0n) is 12.7. The van der Waals surface area contributed by atoms with E-state index in [4.69, 9.17) is 0 Å². The highest BCUT2D eigenvalue weighted by Gasteiger charge is 2.30. The van der Waals surface area contributed by atoms with E-state index in [0.717, 1.165) is 12.4 Å². The second kappa shape index (κ2) is 5.88. The zero-order valence-corrected chi connectivity index (χ0v) is 12.7.